The molecular formula is C29H18N2. The van der Waals surface area contributed by atoms with Gasteiger partial charge in [-0.05, 0) is 46.8 Å². The molecule has 0 unspecified atom stereocenters. The smallest absolute Gasteiger partial charge is 0.0991 e. The Morgan fingerprint density at radius 3 is 1.77 bits per heavy atom. The Kier molecular flexibility index (Phi) is 3.88. The molecule has 6 rings (SSSR count). The molecule has 2 heteroatoms. The summed E-state index contributed by atoms with van der Waals surface area (Å²) in [6, 6.07) is 40.2. The van der Waals surface area contributed by atoms with Gasteiger partial charge in [0.05, 0.1) is 28.4 Å². The van der Waals surface area contributed by atoms with Crippen molar-refractivity contribution in [2.45, 2.75) is 0 Å². The minimum atomic E-state index is 0.676. The summed E-state index contributed by atoms with van der Waals surface area (Å²) in [5.74, 6) is 0. The normalized spacial score (nSPS) is 11.2. The molecule has 0 N–H and O–H groups in total. The van der Waals surface area contributed by atoms with E-state index in [1.54, 1.807) is 0 Å². The van der Waals surface area contributed by atoms with Gasteiger partial charge in [-0.1, -0.05) is 78.9 Å². The Morgan fingerprint density at radius 1 is 0.516 bits per heavy atom. The van der Waals surface area contributed by atoms with Crippen molar-refractivity contribution in [1.82, 2.24) is 4.57 Å². The summed E-state index contributed by atoms with van der Waals surface area (Å²) >= 11 is 0. The minimum absolute atomic E-state index is 0.676. The maximum absolute atomic E-state index is 9.13. The van der Waals surface area contributed by atoms with Crippen molar-refractivity contribution in [2.24, 2.45) is 0 Å². The molecule has 0 amide bonds. The molecule has 0 aliphatic rings. The van der Waals surface area contributed by atoms with Crippen molar-refractivity contribution in [1.29, 1.82) is 5.26 Å². The Balaban J connectivity index is 1.68. The first-order valence-electron chi connectivity index (χ1n) is 10.4. The summed E-state index contributed by atoms with van der Waals surface area (Å²) in [5.41, 5.74) is 6.55. The zero-order chi connectivity index (χ0) is 20.8. The molecule has 1 heterocycles. The van der Waals surface area contributed by atoms with Gasteiger partial charge >= 0.3 is 0 Å². The van der Waals surface area contributed by atoms with Crippen LogP contribution >= 0.6 is 0 Å². The lowest BCUT2D eigenvalue weighted by Gasteiger charge is -2.14. The lowest BCUT2D eigenvalue weighted by atomic mass is 9.96. The average Bonchev–Trinajstić information content (AvgIpc) is 3.18. The van der Waals surface area contributed by atoms with Gasteiger partial charge in [-0.3, -0.25) is 0 Å². The van der Waals surface area contributed by atoms with Crippen molar-refractivity contribution in [3.8, 4) is 22.9 Å². The fraction of sp³-hybridized carbons (Fsp3) is 0. The second kappa shape index (κ2) is 6.86. The highest BCUT2D eigenvalue weighted by Crippen LogP contribution is 2.37. The Labute approximate surface area is 180 Å². The average molecular weight is 394 g/mol. The van der Waals surface area contributed by atoms with E-state index in [4.69, 9.17) is 5.26 Å². The van der Waals surface area contributed by atoms with E-state index in [-0.39, 0.29) is 0 Å². The maximum Gasteiger partial charge on any atom is 0.0991 e. The standard InChI is InChI=1S/C29H18N2/c30-19-20-15-17-21(18-16-20)22-9-5-11-24-23(22)10-6-14-29(24)31-27-12-3-1-7-25(27)26-8-2-4-13-28(26)31/h1-18H. The van der Waals surface area contributed by atoms with Gasteiger partial charge in [0.15, 0.2) is 0 Å². The van der Waals surface area contributed by atoms with Crippen molar-refractivity contribution < 1.29 is 0 Å². The van der Waals surface area contributed by atoms with E-state index >= 15 is 0 Å². The van der Waals surface area contributed by atoms with E-state index in [2.05, 4.69) is 95.6 Å². The van der Waals surface area contributed by atoms with Gasteiger partial charge in [0.2, 0.25) is 0 Å². The summed E-state index contributed by atoms with van der Waals surface area (Å²) in [6.07, 6.45) is 0. The molecule has 0 saturated heterocycles. The third-order valence-electron chi connectivity index (χ3n) is 6.05. The predicted molar refractivity (Wildman–Crippen MR) is 128 cm³/mol. The minimum Gasteiger partial charge on any atom is -0.309 e. The quantitative estimate of drug-likeness (QED) is 0.299. The fourth-order valence-corrected chi connectivity index (χ4v) is 4.65. The number of para-hydroxylation sites is 2. The number of benzene rings is 5. The van der Waals surface area contributed by atoms with E-state index in [1.165, 1.54) is 43.8 Å². The van der Waals surface area contributed by atoms with Gasteiger partial charge in [0.1, 0.15) is 0 Å². The molecule has 0 bridgehead atoms. The molecule has 0 radical (unpaired) electrons. The molecular weight excluding hydrogens is 376 g/mol. The van der Waals surface area contributed by atoms with Crippen molar-refractivity contribution in [3.05, 3.63) is 115 Å². The number of nitriles is 1. The van der Waals surface area contributed by atoms with Crippen LogP contribution in [-0.4, -0.2) is 4.57 Å². The topological polar surface area (TPSA) is 28.7 Å². The van der Waals surface area contributed by atoms with Crippen LogP contribution < -0.4 is 0 Å². The first-order chi connectivity index (χ1) is 15.3. The van der Waals surface area contributed by atoms with Gasteiger partial charge in [0, 0.05) is 16.2 Å². The summed E-state index contributed by atoms with van der Waals surface area (Å²) in [5, 5.41) is 14.1. The molecule has 31 heavy (non-hydrogen) atoms. The highest BCUT2D eigenvalue weighted by Gasteiger charge is 2.14. The Hall–Kier alpha value is -4.35. The number of fused-ring (bicyclic) bond motifs is 4. The molecule has 0 aliphatic carbocycles. The second-order valence-corrected chi connectivity index (χ2v) is 7.74. The molecule has 0 aliphatic heterocycles. The van der Waals surface area contributed by atoms with Gasteiger partial charge in [-0.25, -0.2) is 0 Å². The Bertz CT molecular complexity index is 1580. The first kappa shape index (κ1) is 17.5. The van der Waals surface area contributed by atoms with Crippen molar-refractivity contribution >= 4 is 32.6 Å². The first-order valence-corrected chi connectivity index (χ1v) is 10.4. The third-order valence-corrected chi connectivity index (χ3v) is 6.05. The van der Waals surface area contributed by atoms with Crippen LogP contribution in [-0.2, 0) is 0 Å². The van der Waals surface area contributed by atoms with Crippen LogP contribution in [0.5, 0.6) is 0 Å². The number of hydrogen-bond acceptors (Lipinski definition) is 1. The number of hydrogen-bond donors (Lipinski definition) is 0. The number of aromatic nitrogens is 1. The van der Waals surface area contributed by atoms with Gasteiger partial charge in [0.25, 0.3) is 0 Å². The lowest BCUT2D eigenvalue weighted by molar-refractivity contribution is 1.20. The number of nitrogens with zero attached hydrogens (tertiary/aromatic N) is 2. The molecule has 0 atom stereocenters. The molecule has 0 spiro atoms. The van der Waals surface area contributed by atoms with Crippen LogP contribution in [0.3, 0.4) is 0 Å². The van der Waals surface area contributed by atoms with Crippen LogP contribution in [0.1, 0.15) is 5.56 Å². The van der Waals surface area contributed by atoms with Crippen molar-refractivity contribution in [2.75, 3.05) is 0 Å². The van der Waals surface area contributed by atoms with Crippen molar-refractivity contribution in [3.63, 3.8) is 0 Å². The monoisotopic (exact) mass is 394 g/mol. The highest BCUT2D eigenvalue weighted by molar-refractivity contribution is 6.11. The van der Waals surface area contributed by atoms with E-state index < -0.39 is 0 Å². The molecule has 5 aromatic carbocycles. The van der Waals surface area contributed by atoms with Crippen LogP contribution in [0.4, 0.5) is 0 Å². The molecule has 0 fully saturated rings. The van der Waals surface area contributed by atoms with E-state index in [9.17, 15) is 0 Å². The van der Waals surface area contributed by atoms with Gasteiger partial charge in [-0.2, -0.15) is 5.26 Å². The SMILES string of the molecule is N#Cc1ccc(-c2cccc3c(-n4c5ccccc5c5ccccc54)cccc23)cc1. The molecule has 6 aromatic rings. The highest BCUT2D eigenvalue weighted by atomic mass is 15.0. The summed E-state index contributed by atoms with van der Waals surface area (Å²) in [4.78, 5) is 0. The predicted octanol–water partition coefficient (Wildman–Crippen LogP) is 7.48. The molecule has 144 valence electrons. The summed E-state index contributed by atoms with van der Waals surface area (Å²) in [6.45, 7) is 0. The fourth-order valence-electron chi connectivity index (χ4n) is 4.65. The van der Waals surface area contributed by atoms with E-state index in [0.29, 0.717) is 5.56 Å². The van der Waals surface area contributed by atoms with E-state index in [1.807, 2.05) is 24.3 Å². The lowest BCUT2D eigenvalue weighted by Crippen LogP contribution is -1.95. The molecule has 2 nitrogen and oxygen atoms in total. The summed E-state index contributed by atoms with van der Waals surface area (Å²) in [7, 11) is 0. The summed E-state index contributed by atoms with van der Waals surface area (Å²) < 4.78 is 2.37. The molecule has 0 saturated carbocycles. The third kappa shape index (κ3) is 2.64. The van der Waals surface area contributed by atoms with Gasteiger partial charge in [-0.15, -0.1) is 0 Å². The van der Waals surface area contributed by atoms with Crippen LogP contribution in [0.25, 0.3) is 49.4 Å². The maximum atomic E-state index is 9.13. The second-order valence-electron chi connectivity index (χ2n) is 7.74. The van der Waals surface area contributed by atoms with Gasteiger partial charge < -0.3 is 4.57 Å². The zero-order valence-corrected chi connectivity index (χ0v) is 16.8. The zero-order valence-electron chi connectivity index (χ0n) is 16.8. The molecule has 1 aromatic heterocycles. The Morgan fingerprint density at radius 2 is 1.10 bits per heavy atom. The number of rotatable bonds is 2. The van der Waals surface area contributed by atoms with Crippen LogP contribution in [0.15, 0.2) is 109 Å². The van der Waals surface area contributed by atoms with E-state index in [0.717, 1.165) is 5.56 Å². The van der Waals surface area contributed by atoms with Crippen LogP contribution in [0, 0.1) is 11.3 Å². The van der Waals surface area contributed by atoms with Crippen LogP contribution in [0.2, 0.25) is 0 Å². The largest absolute Gasteiger partial charge is 0.309 e.